The third-order valence-corrected chi connectivity index (χ3v) is 4.90. The average Bonchev–Trinajstić information content (AvgIpc) is 2.59. The highest BCUT2D eigenvalue weighted by molar-refractivity contribution is 6.42. The maximum Gasteiger partial charge on any atom is 0.227 e. The third kappa shape index (κ3) is 3.72. The summed E-state index contributed by atoms with van der Waals surface area (Å²) in [6.07, 6.45) is -0.303. The van der Waals surface area contributed by atoms with Crippen LogP contribution in [0.1, 0.15) is 17.2 Å². The first kappa shape index (κ1) is 17.2. The fraction of sp³-hybridized carbons (Fsp3) is 0.278. The van der Waals surface area contributed by atoms with E-state index in [0.29, 0.717) is 40.9 Å². The predicted octanol–water partition coefficient (Wildman–Crippen LogP) is 4.28. The Morgan fingerprint density at radius 3 is 2.79 bits per heavy atom. The molecule has 0 aliphatic carbocycles. The van der Waals surface area contributed by atoms with Crippen LogP contribution < -0.4 is 0 Å². The van der Waals surface area contributed by atoms with Crippen LogP contribution in [0.2, 0.25) is 10.0 Å². The molecule has 0 spiro atoms. The molecule has 2 aromatic carbocycles. The number of halogens is 3. The van der Waals surface area contributed by atoms with Crippen LogP contribution in [0, 0.1) is 5.82 Å². The molecule has 0 bridgehead atoms. The smallest absolute Gasteiger partial charge is 0.227 e. The third-order valence-electron chi connectivity index (χ3n) is 4.04. The minimum absolute atomic E-state index is 0.0798. The minimum atomic E-state index is -0.460. The number of benzene rings is 2. The molecule has 3 nitrogen and oxygen atoms in total. The zero-order valence-electron chi connectivity index (χ0n) is 12.8. The fourth-order valence-electron chi connectivity index (χ4n) is 2.76. The molecule has 126 valence electrons. The molecule has 1 heterocycles. The lowest BCUT2D eigenvalue weighted by atomic mass is 10.1. The lowest BCUT2D eigenvalue weighted by Crippen LogP contribution is -2.43. The predicted molar refractivity (Wildman–Crippen MR) is 91.8 cm³/mol. The van der Waals surface area contributed by atoms with Gasteiger partial charge in [0.2, 0.25) is 5.91 Å². The topological polar surface area (TPSA) is 29.5 Å². The van der Waals surface area contributed by atoms with Crippen molar-refractivity contribution in [3.63, 3.8) is 0 Å². The van der Waals surface area contributed by atoms with E-state index in [0.717, 1.165) is 0 Å². The lowest BCUT2D eigenvalue weighted by Gasteiger charge is -2.33. The van der Waals surface area contributed by atoms with Gasteiger partial charge in [-0.15, -0.1) is 0 Å². The zero-order chi connectivity index (χ0) is 17.1. The van der Waals surface area contributed by atoms with Crippen molar-refractivity contribution in [1.82, 2.24) is 4.90 Å². The Balaban J connectivity index is 1.71. The Hall–Kier alpha value is -1.62. The van der Waals surface area contributed by atoms with Crippen LogP contribution in [0.4, 0.5) is 4.39 Å². The van der Waals surface area contributed by atoms with E-state index in [9.17, 15) is 9.18 Å². The van der Waals surface area contributed by atoms with Crippen LogP contribution in [0.3, 0.4) is 0 Å². The first-order valence-corrected chi connectivity index (χ1v) is 8.38. The Kier molecular flexibility index (Phi) is 5.39. The molecule has 1 atom stereocenters. The van der Waals surface area contributed by atoms with Crippen molar-refractivity contribution in [3.05, 3.63) is 69.5 Å². The van der Waals surface area contributed by atoms with E-state index < -0.39 is 6.10 Å². The number of hydrogen-bond donors (Lipinski definition) is 0. The summed E-state index contributed by atoms with van der Waals surface area (Å²) in [4.78, 5) is 14.2. The second-order valence-electron chi connectivity index (χ2n) is 5.61. The van der Waals surface area contributed by atoms with Crippen molar-refractivity contribution >= 4 is 29.1 Å². The molecular formula is C18H16Cl2FNO2. The molecule has 1 amide bonds. The zero-order valence-corrected chi connectivity index (χ0v) is 14.4. The van der Waals surface area contributed by atoms with Gasteiger partial charge in [-0.05, 0) is 17.7 Å². The van der Waals surface area contributed by atoms with Gasteiger partial charge in [0, 0.05) is 12.1 Å². The van der Waals surface area contributed by atoms with Crippen LogP contribution in [0.5, 0.6) is 0 Å². The molecule has 6 heteroatoms. The van der Waals surface area contributed by atoms with E-state index in [-0.39, 0.29) is 18.1 Å². The molecule has 24 heavy (non-hydrogen) atoms. The van der Waals surface area contributed by atoms with Gasteiger partial charge in [-0.25, -0.2) is 4.39 Å². The maximum atomic E-state index is 13.9. The van der Waals surface area contributed by atoms with Crippen molar-refractivity contribution in [1.29, 1.82) is 0 Å². The van der Waals surface area contributed by atoms with Crippen LogP contribution in [0.25, 0.3) is 0 Å². The summed E-state index contributed by atoms with van der Waals surface area (Å²) in [5.41, 5.74) is 1.15. The molecule has 1 fully saturated rings. The number of carbonyl (C=O) groups excluding carboxylic acids is 1. The van der Waals surface area contributed by atoms with Gasteiger partial charge in [-0.3, -0.25) is 4.79 Å². The summed E-state index contributed by atoms with van der Waals surface area (Å²) in [5.74, 6) is -0.404. The number of ether oxygens (including phenoxy) is 1. The van der Waals surface area contributed by atoms with Crippen LogP contribution in [0.15, 0.2) is 42.5 Å². The van der Waals surface area contributed by atoms with E-state index >= 15 is 0 Å². The fourth-order valence-corrected chi connectivity index (χ4v) is 3.15. The first-order valence-electron chi connectivity index (χ1n) is 7.63. The molecule has 1 saturated heterocycles. The standard InChI is InChI=1S/C18H16Cl2FNO2/c19-14-6-3-4-12(18(14)20)10-17(23)22-8-9-24-16(11-22)13-5-1-2-7-15(13)21/h1-7,16H,8-11H2. The number of rotatable bonds is 3. The quantitative estimate of drug-likeness (QED) is 0.810. The summed E-state index contributed by atoms with van der Waals surface area (Å²) < 4.78 is 19.6. The molecule has 0 radical (unpaired) electrons. The number of amides is 1. The molecule has 1 aliphatic rings. The van der Waals surface area contributed by atoms with Crippen molar-refractivity contribution in [3.8, 4) is 0 Å². The van der Waals surface area contributed by atoms with E-state index in [2.05, 4.69) is 0 Å². The number of nitrogens with zero attached hydrogens (tertiary/aromatic N) is 1. The molecular weight excluding hydrogens is 352 g/mol. The monoisotopic (exact) mass is 367 g/mol. The van der Waals surface area contributed by atoms with Crippen molar-refractivity contribution < 1.29 is 13.9 Å². The highest BCUT2D eigenvalue weighted by Gasteiger charge is 2.27. The first-order chi connectivity index (χ1) is 11.6. The van der Waals surface area contributed by atoms with Crippen LogP contribution in [-0.4, -0.2) is 30.5 Å². The summed E-state index contributed by atoms with van der Waals surface area (Å²) >= 11 is 12.1. The molecule has 2 aromatic rings. The van der Waals surface area contributed by atoms with Gasteiger partial charge < -0.3 is 9.64 Å². The summed E-state index contributed by atoms with van der Waals surface area (Å²) in [5, 5.41) is 0.819. The average molecular weight is 368 g/mol. The van der Waals surface area contributed by atoms with Gasteiger partial charge in [0.25, 0.3) is 0 Å². The normalized spacial score (nSPS) is 17.8. The summed E-state index contributed by atoms with van der Waals surface area (Å²) in [6.45, 7) is 1.16. The highest BCUT2D eigenvalue weighted by Crippen LogP contribution is 2.28. The van der Waals surface area contributed by atoms with Gasteiger partial charge in [-0.2, -0.15) is 0 Å². The SMILES string of the molecule is O=C(Cc1cccc(Cl)c1Cl)N1CCOC(c2ccccc2F)C1. The summed E-state index contributed by atoms with van der Waals surface area (Å²) in [7, 11) is 0. The molecule has 0 N–H and O–H groups in total. The van der Waals surface area contributed by atoms with E-state index in [1.54, 1.807) is 41.3 Å². The van der Waals surface area contributed by atoms with Gasteiger partial charge in [0.05, 0.1) is 29.6 Å². The maximum absolute atomic E-state index is 13.9. The van der Waals surface area contributed by atoms with Gasteiger partial charge >= 0.3 is 0 Å². The molecule has 0 saturated carbocycles. The Morgan fingerprint density at radius 2 is 2.00 bits per heavy atom. The lowest BCUT2D eigenvalue weighted by molar-refractivity contribution is -0.138. The second-order valence-corrected chi connectivity index (χ2v) is 6.40. The number of hydrogen-bond acceptors (Lipinski definition) is 2. The largest absolute Gasteiger partial charge is 0.370 e. The van der Waals surface area contributed by atoms with E-state index in [1.165, 1.54) is 6.07 Å². The van der Waals surface area contributed by atoms with Gasteiger partial charge in [-0.1, -0.05) is 53.5 Å². The van der Waals surface area contributed by atoms with Crippen LogP contribution in [-0.2, 0) is 16.0 Å². The minimum Gasteiger partial charge on any atom is -0.370 e. The van der Waals surface area contributed by atoms with Crippen molar-refractivity contribution in [2.24, 2.45) is 0 Å². The molecule has 1 aliphatic heterocycles. The highest BCUT2D eigenvalue weighted by atomic mass is 35.5. The number of carbonyl (C=O) groups is 1. The second kappa shape index (κ2) is 7.51. The van der Waals surface area contributed by atoms with Crippen molar-refractivity contribution in [2.75, 3.05) is 19.7 Å². The van der Waals surface area contributed by atoms with Gasteiger partial charge in [0.1, 0.15) is 11.9 Å². The molecule has 0 aromatic heterocycles. The Labute approximate surface area is 149 Å². The summed E-state index contributed by atoms with van der Waals surface area (Å²) in [6, 6.07) is 11.7. The molecule has 1 unspecified atom stereocenters. The van der Waals surface area contributed by atoms with E-state index in [4.69, 9.17) is 27.9 Å². The van der Waals surface area contributed by atoms with Gasteiger partial charge in [0.15, 0.2) is 0 Å². The molecule has 3 rings (SSSR count). The van der Waals surface area contributed by atoms with Crippen molar-refractivity contribution in [2.45, 2.75) is 12.5 Å². The Bertz CT molecular complexity index is 754. The Morgan fingerprint density at radius 1 is 1.21 bits per heavy atom. The number of morpholine rings is 1. The van der Waals surface area contributed by atoms with E-state index in [1.807, 2.05) is 0 Å². The van der Waals surface area contributed by atoms with Crippen LogP contribution >= 0.6 is 23.2 Å².